The van der Waals surface area contributed by atoms with Gasteiger partial charge in [-0.3, -0.25) is 9.59 Å². The monoisotopic (exact) mass is 601 g/mol. The minimum atomic E-state index is -1.33. The van der Waals surface area contributed by atoms with Gasteiger partial charge in [0.25, 0.3) is 0 Å². The van der Waals surface area contributed by atoms with E-state index in [1.807, 2.05) is 0 Å². The summed E-state index contributed by atoms with van der Waals surface area (Å²) >= 11 is 0. The standard InChI is InChI=1S/C36H59NO6/c1-22(2)24-11-16-36(30(41)42-21-35(37,19-38)20-39)18-17-33(7)25(29(24)36)9-10-27-32(6)14-13-28(43-23(3)40)31(4,5)26(32)12-15-34(27,33)8/h24-29,38-39H,1,9-21,37H2,2-8H3/t24-,25?,26?,27?,28-,29?,32-,33+,34+,36-/m0/s1. The van der Waals surface area contributed by atoms with E-state index in [0.29, 0.717) is 17.8 Å². The van der Waals surface area contributed by atoms with E-state index in [9.17, 15) is 19.8 Å². The number of rotatable bonds is 7. The first kappa shape index (κ1) is 32.9. The van der Waals surface area contributed by atoms with Crippen LogP contribution in [0.3, 0.4) is 0 Å². The number of fused-ring (bicyclic) bond motifs is 7. The number of nitrogens with two attached hydrogens (primary N) is 1. The predicted octanol–water partition coefficient (Wildman–Crippen LogP) is 5.80. The number of aliphatic hydroxyl groups excluding tert-OH is 2. The summed E-state index contributed by atoms with van der Waals surface area (Å²) in [6, 6.07) is 0. The van der Waals surface area contributed by atoms with Crippen molar-refractivity contribution in [1.82, 2.24) is 0 Å². The van der Waals surface area contributed by atoms with Crippen LogP contribution in [0.4, 0.5) is 0 Å². The number of hydrogen-bond donors (Lipinski definition) is 3. The molecule has 0 saturated heterocycles. The maximum absolute atomic E-state index is 14.1. The summed E-state index contributed by atoms with van der Waals surface area (Å²) < 4.78 is 11.8. The molecular weight excluding hydrogens is 542 g/mol. The molecule has 0 aromatic carbocycles. The van der Waals surface area contributed by atoms with Crippen molar-refractivity contribution in [1.29, 1.82) is 0 Å². The molecule has 5 aliphatic rings. The Morgan fingerprint density at radius 1 is 0.860 bits per heavy atom. The lowest BCUT2D eigenvalue weighted by Gasteiger charge is -2.72. The summed E-state index contributed by atoms with van der Waals surface area (Å²) in [6.07, 6.45) is 10.1. The van der Waals surface area contributed by atoms with Crippen LogP contribution in [0.15, 0.2) is 12.2 Å². The minimum Gasteiger partial charge on any atom is -0.463 e. The summed E-state index contributed by atoms with van der Waals surface area (Å²) in [5, 5.41) is 19.4. The van der Waals surface area contributed by atoms with Crippen LogP contribution in [0.1, 0.15) is 113 Å². The Morgan fingerprint density at radius 3 is 2.14 bits per heavy atom. The Bertz CT molecular complexity index is 1130. The Labute approximate surface area is 259 Å². The second-order valence-corrected chi connectivity index (χ2v) is 17.1. The first-order valence-electron chi connectivity index (χ1n) is 17.0. The van der Waals surface area contributed by atoms with Crippen molar-refractivity contribution in [2.24, 2.45) is 62.4 Å². The zero-order chi connectivity index (χ0) is 31.8. The van der Waals surface area contributed by atoms with Gasteiger partial charge in [0, 0.05) is 12.3 Å². The highest BCUT2D eigenvalue weighted by Crippen LogP contribution is 2.77. The number of carbonyl (C=O) groups is 2. The number of ether oxygens (including phenoxy) is 2. The van der Waals surface area contributed by atoms with Crippen LogP contribution >= 0.6 is 0 Å². The smallest absolute Gasteiger partial charge is 0.312 e. The molecule has 0 spiro atoms. The van der Waals surface area contributed by atoms with Crippen molar-refractivity contribution in [2.75, 3.05) is 19.8 Å². The largest absolute Gasteiger partial charge is 0.463 e. The Kier molecular flexibility index (Phi) is 8.30. The van der Waals surface area contributed by atoms with Gasteiger partial charge in [-0.15, -0.1) is 0 Å². The average Bonchev–Trinajstić information content (AvgIpc) is 3.35. The zero-order valence-corrected chi connectivity index (χ0v) is 28.0. The maximum atomic E-state index is 14.1. The molecule has 10 atom stereocenters. The Balaban J connectivity index is 1.47. The molecule has 244 valence electrons. The fourth-order valence-electron chi connectivity index (χ4n) is 12.4. The van der Waals surface area contributed by atoms with E-state index >= 15 is 0 Å². The second-order valence-electron chi connectivity index (χ2n) is 17.1. The molecule has 5 rings (SSSR count). The minimum absolute atomic E-state index is 0.0283. The number of hydrogen-bond acceptors (Lipinski definition) is 7. The number of aliphatic hydroxyl groups is 2. The molecule has 0 bridgehead atoms. The molecule has 0 amide bonds. The van der Waals surface area contributed by atoms with E-state index in [-0.39, 0.29) is 58.1 Å². The summed E-state index contributed by atoms with van der Waals surface area (Å²) in [7, 11) is 0. The Hall–Kier alpha value is -1.44. The highest BCUT2D eigenvalue weighted by molar-refractivity contribution is 5.78. The van der Waals surface area contributed by atoms with E-state index in [2.05, 4.69) is 48.1 Å². The highest BCUT2D eigenvalue weighted by Gasteiger charge is 2.72. The summed E-state index contributed by atoms with van der Waals surface area (Å²) in [6.45, 7) is 19.4. The van der Waals surface area contributed by atoms with Crippen molar-refractivity contribution in [3.05, 3.63) is 12.2 Å². The lowest BCUT2D eigenvalue weighted by atomic mass is 9.32. The molecule has 0 heterocycles. The third-order valence-electron chi connectivity index (χ3n) is 14.8. The van der Waals surface area contributed by atoms with Crippen molar-refractivity contribution >= 4 is 11.9 Å². The van der Waals surface area contributed by atoms with Crippen molar-refractivity contribution in [2.45, 2.75) is 124 Å². The van der Waals surface area contributed by atoms with Gasteiger partial charge in [-0.25, -0.2) is 0 Å². The van der Waals surface area contributed by atoms with Crippen LogP contribution in [0.5, 0.6) is 0 Å². The second kappa shape index (κ2) is 10.8. The summed E-state index contributed by atoms with van der Waals surface area (Å²) in [4.78, 5) is 26.1. The van der Waals surface area contributed by atoms with Gasteiger partial charge < -0.3 is 25.4 Å². The van der Waals surface area contributed by atoms with Crippen molar-refractivity contribution in [3.63, 3.8) is 0 Å². The van der Waals surface area contributed by atoms with Crippen molar-refractivity contribution < 1.29 is 29.3 Å². The molecule has 43 heavy (non-hydrogen) atoms. The SMILES string of the molecule is C=C(C)[C@@H]1CC[C@]2(C(=O)OCC(N)(CO)CO)CC[C@]3(C)C(CCC4[C@@]5(C)CC[C@H](OC(C)=O)C(C)(C)C5CC[C@]43C)C12. The van der Waals surface area contributed by atoms with E-state index in [1.54, 1.807) is 0 Å². The zero-order valence-electron chi connectivity index (χ0n) is 28.0. The summed E-state index contributed by atoms with van der Waals surface area (Å²) in [5.74, 6) is 1.54. The molecule has 0 radical (unpaired) electrons. The molecule has 7 nitrogen and oxygen atoms in total. The molecule has 0 aromatic heterocycles. The number of esters is 2. The normalized spacial score (nSPS) is 45.2. The van der Waals surface area contributed by atoms with Gasteiger partial charge >= 0.3 is 11.9 Å². The first-order chi connectivity index (χ1) is 20.0. The van der Waals surface area contributed by atoms with E-state index in [0.717, 1.165) is 69.8 Å². The van der Waals surface area contributed by atoms with Crippen LogP contribution in [0.2, 0.25) is 0 Å². The van der Waals surface area contributed by atoms with Gasteiger partial charge in [0.15, 0.2) is 0 Å². The third-order valence-corrected chi connectivity index (χ3v) is 14.8. The van der Waals surface area contributed by atoms with Crippen LogP contribution in [0, 0.1) is 56.7 Å². The van der Waals surface area contributed by atoms with Gasteiger partial charge in [0.1, 0.15) is 12.7 Å². The average molecular weight is 602 g/mol. The quantitative estimate of drug-likeness (QED) is 0.249. The van der Waals surface area contributed by atoms with Crippen LogP contribution in [-0.2, 0) is 19.1 Å². The van der Waals surface area contributed by atoms with E-state index in [4.69, 9.17) is 15.2 Å². The van der Waals surface area contributed by atoms with Gasteiger partial charge in [-0.1, -0.05) is 46.8 Å². The fraction of sp³-hybridized carbons (Fsp3) is 0.889. The Morgan fingerprint density at radius 2 is 1.53 bits per heavy atom. The molecule has 5 aliphatic carbocycles. The molecular formula is C36H59NO6. The van der Waals surface area contributed by atoms with Gasteiger partial charge in [0.2, 0.25) is 0 Å². The molecule has 0 aromatic rings. The lowest BCUT2D eigenvalue weighted by Crippen LogP contribution is -2.67. The van der Waals surface area contributed by atoms with Crippen LogP contribution in [-0.4, -0.2) is 53.6 Å². The molecule has 0 aliphatic heterocycles. The molecule has 4 N–H and O–H groups in total. The van der Waals surface area contributed by atoms with Crippen molar-refractivity contribution in [3.8, 4) is 0 Å². The van der Waals surface area contributed by atoms with Gasteiger partial charge in [-0.05, 0) is 117 Å². The third kappa shape index (κ3) is 4.68. The number of carbonyl (C=O) groups excluding carboxylic acids is 2. The molecule has 4 unspecified atom stereocenters. The molecule has 5 fully saturated rings. The molecule has 7 heteroatoms. The lowest BCUT2D eigenvalue weighted by molar-refractivity contribution is -0.250. The van der Waals surface area contributed by atoms with Crippen LogP contribution < -0.4 is 5.73 Å². The molecule has 5 saturated carbocycles. The topological polar surface area (TPSA) is 119 Å². The highest BCUT2D eigenvalue weighted by atomic mass is 16.5. The van der Waals surface area contributed by atoms with Gasteiger partial charge in [-0.2, -0.15) is 0 Å². The fourth-order valence-corrected chi connectivity index (χ4v) is 12.4. The van der Waals surface area contributed by atoms with Crippen LogP contribution in [0.25, 0.3) is 0 Å². The predicted molar refractivity (Wildman–Crippen MR) is 167 cm³/mol. The van der Waals surface area contributed by atoms with E-state index in [1.165, 1.54) is 6.92 Å². The number of allylic oxidation sites excluding steroid dienone is 1. The first-order valence-corrected chi connectivity index (χ1v) is 17.0. The van der Waals surface area contributed by atoms with E-state index < -0.39 is 24.2 Å². The maximum Gasteiger partial charge on any atom is 0.312 e. The van der Waals surface area contributed by atoms with Gasteiger partial charge in [0.05, 0.1) is 24.2 Å². The summed E-state index contributed by atoms with van der Waals surface area (Å²) in [5.41, 5.74) is 5.69.